The largest absolute Gasteiger partial charge is 0.454 e. The van der Waals surface area contributed by atoms with Gasteiger partial charge in [-0.2, -0.15) is 13.5 Å². The highest BCUT2D eigenvalue weighted by Gasteiger charge is 2.26. The van der Waals surface area contributed by atoms with Crippen LogP contribution in [0, 0.1) is 0 Å². The first-order valence-electron chi connectivity index (χ1n) is 8.80. The van der Waals surface area contributed by atoms with E-state index in [1.54, 1.807) is 6.07 Å². The maximum atomic E-state index is 12.6. The summed E-state index contributed by atoms with van der Waals surface area (Å²) in [7, 11) is -8.08. The minimum atomic E-state index is -4.12. The molecule has 1 aromatic heterocycles. The number of nitrogens with zero attached hydrogens (tertiary/aromatic N) is 2. The summed E-state index contributed by atoms with van der Waals surface area (Å²) in [5.74, 6) is -1.76. The molecular weight excluding hydrogens is 482 g/mol. The van der Waals surface area contributed by atoms with Crippen LogP contribution in [0.4, 0.5) is 5.69 Å². The Bertz CT molecular complexity index is 1390. The second kappa shape index (κ2) is 9.25. The molecule has 0 radical (unpaired) electrons. The normalized spacial score (nSPS) is 12.9. The quantitative estimate of drug-likeness (QED) is 0.363. The summed E-state index contributed by atoms with van der Waals surface area (Å²) in [5.41, 5.74) is 0.694. The second-order valence-corrected chi connectivity index (χ2v) is 10.2. The highest BCUT2D eigenvalue weighted by molar-refractivity contribution is 7.89. The van der Waals surface area contributed by atoms with E-state index in [4.69, 9.17) is 9.88 Å². The van der Waals surface area contributed by atoms with Crippen molar-refractivity contribution in [3.05, 3.63) is 42.5 Å². The first kappa shape index (κ1) is 23.7. The molecule has 0 aliphatic carbocycles. The van der Waals surface area contributed by atoms with E-state index in [-0.39, 0.29) is 21.0 Å². The van der Waals surface area contributed by atoms with Gasteiger partial charge in [0.25, 0.3) is 5.91 Å². The van der Waals surface area contributed by atoms with E-state index in [1.807, 2.05) is 0 Å². The molecule has 2 aromatic carbocycles. The van der Waals surface area contributed by atoms with Crippen LogP contribution in [0.15, 0.2) is 52.3 Å². The van der Waals surface area contributed by atoms with Crippen molar-refractivity contribution in [2.24, 2.45) is 5.14 Å². The molecule has 1 unspecified atom stereocenters. The van der Waals surface area contributed by atoms with Crippen molar-refractivity contribution in [3.8, 4) is 0 Å². The molecule has 0 spiro atoms. The minimum absolute atomic E-state index is 0.122. The molecule has 4 N–H and O–H groups in total. The maximum absolute atomic E-state index is 12.6. The number of anilines is 1. The van der Waals surface area contributed by atoms with E-state index >= 15 is 0 Å². The second-order valence-electron chi connectivity index (χ2n) is 6.46. The summed E-state index contributed by atoms with van der Waals surface area (Å²) in [6.07, 6.45) is 0. The van der Waals surface area contributed by atoms with Gasteiger partial charge in [-0.15, -0.1) is 0 Å². The van der Waals surface area contributed by atoms with E-state index in [2.05, 4.69) is 18.8 Å². The lowest BCUT2D eigenvalue weighted by Crippen LogP contribution is -2.40. The van der Waals surface area contributed by atoms with Crippen molar-refractivity contribution < 1.29 is 31.2 Å². The van der Waals surface area contributed by atoms with Crippen LogP contribution in [-0.4, -0.2) is 50.1 Å². The molecule has 0 bridgehead atoms. The lowest BCUT2D eigenvalue weighted by molar-refractivity contribution is -0.148. The number of sulfonamides is 2. The van der Waals surface area contributed by atoms with E-state index < -0.39 is 44.6 Å². The van der Waals surface area contributed by atoms with Gasteiger partial charge in [0, 0.05) is 5.69 Å². The van der Waals surface area contributed by atoms with Crippen LogP contribution in [0.25, 0.3) is 11.0 Å². The van der Waals surface area contributed by atoms with Gasteiger partial charge in [-0.25, -0.2) is 22.0 Å². The number of carbonyl (C=O) groups excluding carboxylic acids is 2. The molecule has 170 valence electrons. The molecule has 0 fully saturated rings. The fraction of sp³-hybridized carbons (Fsp3) is 0.176. The third kappa shape index (κ3) is 5.63. The van der Waals surface area contributed by atoms with Gasteiger partial charge in [-0.05, 0) is 37.3 Å². The highest BCUT2D eigenvalue weighted by atomic mass is 32.2. The van der Waals surface area contributed by atoms with Gasteiger partial charge < -0.3 is 10.1 Å². The Hall–Kier alpha value is -2.98. The average Bonchev–Trinajstić information content (AvgIpc) is 3.20. The Balaban J connectivity index is 1.59. The molecule has 3 rings (SSSR count). The van der Waals surface area contributed by atoms with Gasteiger partial charge in [0.05, 0.1) is 16.6 Å². The van der Waals surface area contributed by atoms with E-state index in [9.17, 15) is 26.4 Å². The lowest BCUT2D eigenvalue weighted by atomic mass is 10.3. The fourth-order valence-corrected chi connectivity index (χ4v) is 5.07. The number of rotatable bonds is 8. The van der Waals surface area contributed by atoms with Crippen LogP contribution in [-0.2, 0) is 34.4 Å². The molecule has 3 aromatic rings. The first-order valence-corrected chi connectivity index (χ1v) is 12.6. The molecule has 12 nitrogen and oxygen atoms in total. The third-order valence-corrected chi connectivity index (χ3v) is 7.04. The van der Waals surface area contributed by atoms with E-state index in [1.165, 1.54) is 37.3 Å². The summed E-state index contributed by atoms with van der Waals surface area (Å²) < 4.78 is 62.9. The zero-order valence-corrected chi connectivity index (χ0v) is 18.8. The van der Waals surface area contributed by atoms with Crippen molar-refractivity contribution in [3.63, 3.8) is 0 Å². The maximum Gasteiger partial charge on any atom is 0.324 e. The van der Waals surface area contributed by atoms with Gasteiger partial charge in [-0.3, -0.25) is 9.59 Å². The Morgan fingerprint density at radius 2 is 1.84 bits per heavy atom. The molecule has 1 amide bonds. The average molecular weight is 500 g/mol. The van der Waals surface area contributed by atoms with Gasteiger partial charge in [0.2, 0.25) is 20.0 Å². The van der Waals surface area contributed by atoms with Crippen LogP contribution >= 0.6 is 11.7 Å². The van der Waals surface area contributed by atoms with Crippen LogP contribution in [0.2, 0.25) is 0 Å². The molecule has 1 atom stereocenters. The number of aromatic nitrogens is 2. The number of hydrogen-bond acceptors (Lipinski definition) is 10. The standard InChI is InChI=1S/C17H17N5O7S3/c1-10(22-32(27,28)14-7-3-6-13-16(14)21-30-20-13)17(24)29-9-15(23)19-11-4-2-5-12(8-11)31(18,25)26/h2-8,10,22H,9H2,1H3,(H,19,23)(H2,18,25,26). The molecule has 0 saturated carbocycles. The number of benzene rings is 2. The van der Waals surface area contributed by atoms with Gasteiger partial charge >= 0.3 is 5.97 Å². The summed E-state index contributed by atoms with van der Waals surface area (Å²) >= 11 is 0.854. The summed E-state index contributed by atoms with van der Waals surface area (Å²) in [4.78, 5) is 23.8. The number of nitrogens with one attached hydrogen (secondary N) is 2. The van der Waals surface area contributed by atoms with Crippen molar-refractivity contribution in [1.82, 2.24) is 13.5 Å². The fourth-order valence-electron chi connectivity index (χ4n) is 2.55. The number of nitrogens with two attached hydrogens (primary N) is 1. The van der Waals surface area contributed by atoms with Crippen LogP contribution in [0.3, 0.4) is 0 Å². The number of primary sulfonamides is 1. The van der Waals surface area contributed by atoms with Crippen molar-refractivity contribution in [2.75, 3.05) is 11.9 Å². The van der Waals surface area contributed by atoms with Crippen LogP contribution in [0.1, 0.15) is 6.92 Å². The minimum Gasteiger partial charge on any atom is -0.454 e. The summed E-state index contributed by atoms with van der Waals surface area (Å²) in [6, 6.07) is 8.30. The SMILES string of the molecule is CC(NS(=O)(=O)c1cccc2nsnc12)C(=O)OCC(=O)Nc1cccc(S(N)(=O)=O)c1. The van der Waals surface area contributed by atoms with Gasteiger partial charge in [0.15, 0.2) is 6.61 Å². The first-order chi connectivity index (χ1) is 15.0. The lowest BCUT2D eigenvalue weighted by Gasteiger charge is -2.14. The monoisotopic (exact) mass is 499 g/mol. The van der Waals surface area contributed by atoms with Crippen LogP contribution < -0.4 is 15.2 Å². The Kier molecular flexibility index (Phi) is 6.85. The van der Waals surface area contributed by atoms with Crippen molar-refractivity contribution in [2.45, 2.75) is 22.8 Å². The predicted molar refractivity (Wildman–Crippen MR) is 115 cm³/mol. The molecule has 0 aliphatic heterocycles. The molecular formula is C17H17N5O7S3. The van der Waals surface area contributed by atoms with Crippen molar-refractivity contribution in [1.29, 1.82) is 0 Å². The Morgan fingerprint density at radius 1 is 1.12 bits per heavy atom. The number of hydrogen-bond donors (Lipinski definition) is 3. The number of fused-ring (bicyclic) bond motifs is 1. The highest BCUT2D eigenvalue weighted by Crippen LogP contribution is 2.21. The third-order valence-electron chi connectivity index (χ3n) is 4.02. The summed E-state index contributed by atoms with van der Waals surface area (Å²) in [5, 5.41) is 7.38. The van der Waals surface area contributed by atoms with Gasteiger partial charge in [-0.1, -0.05) is 12.1 Å². The van der Waals surface area contributed by atoms with E-state index in [0.29, 0.717) is 5.52 Å². The molecule has 0 saturated heterocycles. The number of amides is 1. The Morgan fingerprint density at radius 3 is 2.56 bits per heavy atom. The van der Waals surface area contributed by atoms with Gasteiger partial charge in [0.1, 0.15) is 22.0 Å². The topological polar surface area (TPSA) is 188 Å². The molecule has 1 heterocycles. The zero-order chi connectivity index (χ0) is 23.5. The van der Waals surface area contributed by atoms with E-state index in [0.717, 1.165) is 17.8 Å². The summed E-state index contributed by atoms with van der Waals surface area (Å²) in [6.45, 7) is 0.531. The van der Waals surface area contributed by atoms with Crippen molar-refractivity contribution >= 4 is 60.4 Å². The Labute approximate surface area is 187 Å². The number of carbonyl (C=O) groups is 2. The zero-order valence-electron chi connectivity index (χ0n) is 16.4. The van der Waals surface area contributed by atoms with Crippen LogP contribution in [0.5, 0.6) is 0 Å². The molecule has 15 heteroatoms. The predicted octanol–water partition coefficient (Wildman–Crippen LogP) is 0.187. The molecule has 32 heavy (non-hydrogen) atoms. The number of ether oxygens (including phenoxy) is 1. The molecule has 0 aliphatic rings. The number of esters is 1. The smallest absolute Gasteiger partial charge is 0.324 e.